The predicted molar refractivity (Wildman–Crippen MR) is 83.4 cm³/mol. The minimum Gasteiger partial charge on any atom is -0.391 e. The number of rotatable bonds is 3. The molecule has 0 aliphatic heterocycles. The fourth-order valence-corrected chi connectivity index (χ4v) is 3.64. The Labute approximate surface area is 131 Å². The Bertz CT molecular complexity index is 620. The molecular weight excluding hydrogens is 340 g/mol. The minimum atomic E-state index is -0.0604. The molecule has 1 aromatic heterocycles. The smallest absolute Gasteiger partial charge is 0.138 e. The molecule has 1 saturated carbocycles. The van der Waals surface area contributed by atoms with Crippen molar-refractivity contribution in [1.29, 1.82) is 0 Å². The summed E-state index contributed by atoms with van der Waals surface area (Å²) in [6.45, 7) is -0.0604. The van der Waals surface area contributed by atoms with Crippen LogP contribution in [0.5, 0.6) is 0 Å². The molecule has 0 radical (unpaired) electrons. The Morgan fingerprint density at radius 1 is 1.30 bits per heavy atom. The highest BCUT2D eigenvalue weighted by atomic mass is 79.9. The molecule has 1 N–H and O–H groups in total. The van der Waals surface area contributed by atoms with Gasteiger partial charge in [0.2, 0.25) is 0 Å². The first-order valence-corrected chi connectivity index (χ1v) is 8.02. The summed E-state index contributed by atoms with van der Waals surface area (Å²) in [4.78, 5) is 0. The molecule has 0 spiro atoms. The molecule has 1 aliphatic carbocycles. The highest BCUT2D eigenvalue weighted by molar-refractivity contribution is 9.10. The summed E-state index contributed by atoms with van der Waals surface area (Å²) >= 11 is 9.96. The van der Waals surface area contributed by atoms with Crippen molar-refractivity contribution in [2.24, 2.45) is 0 Å². The largest absolute Gasteiger partial charge is 0.391 e. The third-order valence-electron chi connectivity index (χ3n) is 3.93. The molecule has 1 heterocycles. The van der Waals surface area contributed by atoms with Crippen molar-refractivity contribution in [3.8, 4) is 5.69 Å². The first-order chi connectivity index (χ1) is 9.72. The highest BCUT2D eigenvalue weighted by Gasteiger charge is 2.26. The van der Waals surface area contributed by atoms with Gasteiger partial charge in [-0.05, 0) is 40.9 Å². The number of nitrogens with zero attached hydrogens (tertiary/aromatic N) is 2. The van der Waals surface area contributed by atoms with E-state index >= 15 is 0 Å². The molecule has 3 rings (SSSR count). The summed E-state index contributed by atoms with van der Waals surface area (Å²) in [5.41, 5.74) is 2.64. The van der Waals surface area contributed by atoms with Gasteiger partial charge in [-0.15, -0.1) is 0 Å². The SMILES string of the molecule is OCc1c(C2CCCC2)nn(-c2ccccc2Br)c1Cl. The number of aromatic nitrogens is 2. The van der Waals surface area contributed by atoms with Gasteiger partial charge in [0.15, 0.2) is 0 Å². The van der Waals surface area contributed by atoms with Crippen LogP contribution in [0, 0.1) is 0 Å². The standard InChI is InChI=1S/C15H16BrClN2O/c16-12-7-3-4-8-13(12)19-15(17)11(9-20)14(18-19)10-5-1-2-6-10/h3-4,7-8,10,20H,1-2,5-6,9H2. The Morgan fingerprint density at radius 2 is 2.00 bits per heavy atom. The number of halogens is 2. The van der Waals surface area contributed by atoms with Crippen LogP contribution in [0.25, 0.3) is 5.69 Å². The number of hydrogen-bond donors (Lipinski definition) is 1. The van der Waals surface area contributed by atoms with Gasteiger partial charge in [0.05, 0.1) is 18.0 Å². The molecule has 0 saturated heterocycles. The van der Waals surface area contributed by atoms with E-state index in [0.29, 0.717) is 11.1 Å². The summed E-state index contributed by atoms with van der Waals surface area (Å²) in [5.74, 6) is 0.429. The van der Waals surface area contributed by atoms with Gasteiger partial charge >= 0.3 is 0 Å². The normalized spacial score (nSPS) is 15.9. The molecular formula is C15H16BrClN2O. The molecule has 5 heteroatoms. The monoisotopic (exact) mass is 354 g/mol. The summed E-state index contributed by atoms with van der Waals surface area (Å²) in [6, 6.07) is 7.82. The van der Waals surface area contributed by atoms with Crippen molar-refractivity contribution in [3.05, 3.63) is 45.1 Å². The summed E-state index contributed by atoms with van der Waals surface area (Å²) in [5, 5.41) is 14.8. The summed E-state index contributed by atoms with van der Waals surface area (Å²) in [6.07, 6.45) is 4.73. The average molecular weight is 356 g/mol. The van der Waals surface area contributed by atoms with Crippen LogP contribution in [0.15, 0.2) is 28.7 Å². The van der Waals surface area contributed by atoms with E-state index in [4.69, 9.17) is 11.6 Å². The zero-order valence-corrected chi connectivity index (χ0v) is 13.4. The first kappa shape index (κ1) is 14.1. The van der Waals surface area contributed by atoms with E-state index in [2.05, 4.69) is 21.0 Å². The molecule has 0 amide bonds. The van der Waals surface area contributed by atoms with E-state index in [1.54, 1.807) is 4.68 Å². The fraction of sp³-hybridized carbons (Fsp3) is 0.400. The molecule has 0 bridgehead atoms. The maximum Gasteiger partial charge on any atom is 0.138 e. The van der Waals surface area contributed by atoms with E-state index in [9.17, 15) is 5.11 Å². The molecule has 1 aromatic carbocycles. The third-order valence-corrected chi connectivity index (χ3v) is 4.99. The highest BCUT2D eigenvalue weighted by Crippen LogP contribution is 2.38. The lowest BCUT2D eigenvalue weighted by molar-refractivity contribution is 0.280. The van der Waals surface area contributed by atoms with Gasteiger partial charge in [0, 0.05) is 16.0 Å². The van der Waals surface area contributed by atoms with E-state index in [0.717, 1.165) is 34.3 Å². The molecule has 0 atom stereocenters. The van der Waals surface area contributed by atoms with Crippen LogP contribution in [0.1, 0.15) is 42.9 Å². The number of aliphatic hydroxyl groups is 1. The van der Waals surface area contributed by atoms with E-state index in [1.165, 1.54) is 12.8 Å². The van der Waals surface area contributed by atoms with E-state index in [-0.39, 0.29) is 6.61 Å². The van der Waals surface area contributed by atoms with Gasteiger partial charge in [-0.3, -0.25) is 0 Å². The fourth-order valence-electron chi connectivity index (χ4n) is 2.90. The van der Waals surface area contributed by atoms with Crippen LogP contribution in [0.3, 0.4) is 0 Å². The maximum atomic E-state index is 9.64. The van der Waals surface area contributed by atoms with Crippen LogP contribution in [0.2, 0.25) is 5.15 Å². The van der Waals surface area contributed by atoms with Gasteiger partial charge in [-0.2, -0.15) is 5.10 Å². The molecule has 2 aromatic rings. The van der Waals surface area contributed by atoms with Gasteiger partial charge in [-0.25, -0.2) is 4.68 Å². The van der Waals surface area contributed by atoms with Crippen molar-refractivity contribution in [2.75, 3.05) is 0 Å². The molecule has 3 nitrogen and oxygen atoms in total. The maximum absolute atomic E-state index is 9.64. The Balaban J connectivity index is 2.11. The van der Waals surface area contributed by atoms with Crippen molar-refractivity contribution in [2.45, 2.75) is 38.2 Å². The lowest BCUT2D eigenvalue weighted by atomic mass is 10.0. The number of hydrogen-bond acceptors (Lipinski definition) is 2. The Morgan fingerprint density at radius 3 is 2.65 bits per heavy atom. The molecule has 1 aliphatic rings. The Kier molecular flexibility index (Phi) is 4.15. The second-order valence-electron chi connectivity index (χ2n) is 5.16. The molecule has 0 unspecified atom stereocenters. The van der Waals surface area contributed by atoms with Crippen LogP contribution >= 0.6 is 27.5 Å². The number of benzene rings is 1. The van der Waals surface area contributed by atoms with Gasteiger partial charge in [-0.1, -0.05) is 36.6 Å². The lowest BCUT2D eigenvalue weighted by Crippen LogP contribution is -2.00. The van der Waals surface area contributed by atoms with Gasteiger partial charge in [0.1, 0.15) is 5.15 Å². The van der Waals surface area contributed by atoms with E-state index < -0.39 is 0 Å². The topological polar surface area (TPSA) is 38.1 Å². The van der Waals surface area contributed by atoms with Crippen molar-refractivity contribution in [3.63, 3.8) is 0 Å². The third kappa shape index (κ3) is 2.41. The quantitative estimate of drug-likeness (QED) is 0.884. The first-order valence-electron chi connectivity index (χ1n) is 6.85. The van der Waals surface area contributed by atoms with Gasteiger partial charge in [0.25, 0.3) is 0 Å². The molecule has 20 heavy (non-hydrogen) atoms. The van der Waals surface area contributed by atoms with Crippen molar-refractivity contribution >= 4 is 27.5 Å². The van der Waals surface area contributed by atoms with E-state index in [1.807, 2.05) is 24.3 Å². The van der Waals surface area contributed by atoms with Crippen LogP contribution in [0.4, 0.5) is 0 Å². The average Bonchev–Trinajstić information content (AvgIpc) is 3.07. The van der Waals surface area contributed by atoms with Crippen molar-refractivity contribution < 1.29 is 5.11 Å². The van der Waals surface area contributed by atoms with Gasteiger partial charge < -0.3 is 5.11 Å². The summed E-state index contributed by atoms with van der Waals surface area (Å²) < 4.78 is 2.66. The van der Waals surface area contributed by atoms with Crippen LogP contribution in [-0.2, 0) is 6.61 Å². The lowest BCUT2D eigenvalue weighted by Gasteiger charge is -2.07. The van der Waals surface area contributed by atoms with Crippen molar-refractivity contribution in [1.82, 2.24) is 9.78 Å². The second-order valence-corrected chi connectivity index (χ2v) is 6.37. The minimum absolute atomic E-state index is 0.0604. The predicted octanol–water partition coefficient (Wildman–Crippen LogP) is 4.44. The summed E-state index contributed by atoms with van der Waals surface area (Å²) in [7, 11) is 0. The Hall–Kier alpha value is -0.840. The molecule has 1 fully saturated rings. The number of aliphatic hydroxyl groups excluding tert-OH is 1. The zero-order chi connectivity index (χ0) is 14.1. The van der Waals surface area contributed by atoms with Crippen LogP contribution < -0.4 is 0 Å². The second kappa shape index (κ2) is 5.88. The van der Waals surface area contributed by atoms with Crippen LogP contribution in [-0.4, -0.2) is 14.9 Å². The molecule has 106 valence electrons. The zero-order valence-electron chi connectivity index (χ0n) is 11.0. The number of para-hydroxylation sites is 1.